The molecule has 22 heavy (non-hydrogen) atoms. The Bertz CT molecular complexity index is 677. The predicted octanol–water partition coefficient (Wildman–Crippen LogP) is 5.86. The van der Waals surface area contributed by atoms with Crippen molar-refractivity contribution in [3.63, 3.8) is 0 Å². The summed E-state index contributed by atoms with van der Waals surface area (Å²) in [7, 11) is 0. The fourth-order valence-electron chi connectivity index (χ4n) is 3.26. The van der Waals surface area contributed by atoms with Crippen LogP contribution in [0, 0.1) is 5.92 Å². The average Bonchev–Trinajstić information content (AvgIpc) is 2.75. The minimum absolute atomic E-state index is 0.0496. The number of fused-ring (bicyclic) bond motifs is 1. The molecule has 0 amide bonds. The zero-order chi connectivity index (χ0) is 15.7. The summed E-state index contributed by atoms with van der Waals surface area (Å²) in [6, 6.07) is 19.1. The molecule has 2 heteroatoms. The molecule has 0 aromatic heterocycles. The topological polar surface area (TPSA) is 3.24 Å². The first-order valence-electron chi connectivity index (χ1n) is 8.03. The molecule has 0 radical (unpaired) electrons. The van der Waals surface area contributed by atoms with Crippen LogP contribution in [0.15, 0.2) is 54.6 Å². The van der Waals surface area contributed by atoms with Crippen molar-refractivity contribution in [2.24, 2.45) is 5.92 Å². The lowest BCUT2D eigenvalue weighted by Gasteiger charge is -2.28. The molecule has 3 rings (SSSR count). The Morgan fingerprint density at radius 2 is 1.64 bits per heavy atom. The Kier molecular flexibility index (Phi) is 4.05. The van der Waals surface area contributed by atoms with Gasteiger partial charge in [0.2, 0.25) is 0 Å². The number of para-hydroxylation sites is 2. The van der Waals surface area contributed by atoms with Crippen molar-refractivity contribution in [1.82, 2.24) is 0 Å². The van der Waals surface area contributed by atoms with E-state index in [0.717, 1.165) is 17.1 Å². The second-order valence-corrected chi connectivity index (χ2v) is 7.14. The highest BCUT2D eigenvalue weighted by Crippen LogP contribution is 2.48. The van der Waals surface area contributed by atoms with Crippen molar-refractivity contribution in [2.75, 3.05) is 4.90 Å². The van der Waals surface area contributed by atoms with E-state index in [4.69, 9.17) is 12.2 Å². The van der Waals surface area contributed by atoms with Crippen LogP contribution in [0.2, 0.25) is 0 Å². The number of hydrogen-bond acceptors (Lipinski definition) is 1. The maximum absolute atomic E-state index is 5.94. The van der Waals surface area contributed by atoms with Crippen LogP contribution in [0.5, 0.6) is 0 Å². The molecule has 2 aromatic rings. The van der Waals surface area contributed by atoms with Gasteiger partial charge in [-0.2, -0.15) is 0 Å². The molecule has 1 atom stereocenters. The minimum Gasteiger partial charge on any atom is -0.304 e. The first-order valence-corrected chi connectivity index (χ1v) is 8.44. The molecule has 114 valence electrons. The molecule has 1 nitrogen and oxygen atoms in total. The van der Waals surface area contributed by atoms with E-state index in [-0.39, 0.29) is 5.41 Å². The predicted molar refractivity (Wildman–Crippen MR) is 99.0 cm³/mol. The lowest BCUT2D eigenvalue weighted by atomic mass is 9.79. The van der Waals surface area contributed by atoms with Crippen LogP contribution < -0.4 is 4.90 Å². The molecule has 0 saturated heterocycles. The SMILES string of the molecule is CC(C)CCC1(C)C(=S)N(c2ccccc2)c2ccccc21. The van der Waals surface area contributed by atoms with Crippen LogP contribution >= 0.6 is 12.2 Å². The van der Waals surface area contributed by atoms with E-state index in [1.165, 1.54) is 17.7 Å². The lowest BCUT2D eigenvalue weighted by Crippen LogP contribution is -2.34. The van der Waals surface area contributed by atoms with E-state index in [9.17, 15) is 0 Å². The number of hydrogen-bond donors (Lipinski definition) is 0. The van der Waals surface area contributed by atoms with Crippen LogP contribution in [0.1, 0.15) is 39.2 Å². The first-order chi connectivity index (χ1) is 10.5. The summed E-state index contributed by atoms with van der Waals surface area (Å²) in [5, 5.41) is 0. The van der Waals surface area contributed by atoms with Crippen molar-refractivity contribution < 1.29 is 0 Å². The fourth-order valence-corrected chi connectivity index (χ4v) is 3.67. The van der Waals surface area contributed by atoms with Gasteiger partial charge in [-0.25, -0.2) is 0 Å². The molecule has 1 heterocycles. The maximum Gasteiger partial charge on any atom is 0.0974 e. The number of anilines is 2. The van der Waals surface area contributed by atoms with Gasteiger partial charge in [-0.15, -0.1) is 0 Å². The molecule has 2 aromatic carbocycles. The van der Waals surface area contributed by atoms with Gasteiger partial charge >= 0.3 is 0 Å². The summed E-state index contributed by atoms with van der Waals surface area (Å²) in [5.41, 5.74) is 3.72. The Balaban J connectivity index is 2.07. The Morgan fingerprint density at radius 3 is 2.32 bits per heavy atom. The molecule has 1 aliphatic heterocycles. The average molecular weight is 309 g/mol. The molecular formula is C20H23NS. The van der Waals surface area contributed by atoms with Gasteiger partial charge in [-0.05, 0) is 49.4 Å². The van der Waals surface area contributed by atoms with Gasteiger partial charge in [-0.3, -0.25) is 0 Å². The van der Waals surface area contributed by atoms with E-state index in [2.05, 4.69) is 74.2 Å². The van der Waals surface area contributed by atoms with Crippen molar-refractivity contribution in [3.8, 4) is 0 Å². The highest BCUT2D eigenvalue weighted by molar-refractivity contribution is 7.80. The molecule has 1 unspecified atom stereocenters. The third-order valence-electron chi connectivity index (χ3n) is 4.65. The quantitative estimate of drug-likeness (QED) is 0.651. The lowest BCUT2D eigenvalue weighted by molar-refractivity contribution is 0.478. The van der Waals surface area contributed by atoms with E-state index in [1.807, 2.05) is 6.07 Å². The number of thiocarbonyl (C=S) groups is 1. The third-order valence-corrected chi connectivity index (χ3v) is 5.28. The van der Waals surface area contributed by atoms with Crippen molar-refractivity contribution in [1.29, 1.82) is 0 Å². The second kappa shape index (κ2) is 5.85. The standard InChI is InChI=1S/C20H23NS/c1-15(2)13-14-20(3)17-11-7-8-12-18(17)21(19(20)22)16-9-5-4-6-10-16/h4-12,15H,13-14H2,1-3H3. The largest absolute Gasteiger partial charge is 0.304 e. The van der Waals surface area contributed by atoms with Crippen LogP contribution in [0.3, 0.4) is 0 Å². The van der Waals surface area contributed by atoms with Crippen LogP contribution in [0.4, 0.5) is 11.4 Å². The monoisotopic (exact) mass is 309 g/mol. The molecule has 0 saturated carbocycles. The molecule has 0 fully saturated rings. The normalized spacial score (nSPS) is 20.5. The summed E-state index contributed by atoms with van der Waals surface area (Å²) >= 11 is 5.94. The molecule has 0 bridgehead atoms. The summed E-state index contributed by atoms with van der Waals surface area (Å²) in [6.45, 7) is 6.87. The smallest absolute Gasteiger partial charge is 0.0974 e. The van der Waals surface area contributed by atoms with Gasteiger partial charge in [0.25, 0.3) is 0 Å². The summed E-state index contributed by atoms with van der Waals surface area (Å²) in [4.78, 5) is 3.28. The van der Waals surface area contributed by atoms with E-state index < -0.39 is 0 Å². The van der Waals surface area contributed by atoms with Crippen LogP contribution in [-0.2, 0) is 5.41 Å². The second-order valence-electron chi connectivity index (χ2n) is 6.76. The summed E-state index contributed by atoms with van der Waals surface area (Å²) < 4.78 is 0. The van der Waals surface area contributed by atoms with E-state index in [0.29, 0.717) is 5.92 Å². The summed E-state index contributed by atoms with van der Waals surface area (Å²) in [5.74, 6) is 0.692. The Morgan fingerprint density at radius 1 is 1.00 bits per heavy atom. The first kappa shape index (κ1) is 15.2. The highest BCUT2D eigenvalue weighted by Gasteiger charge is 2.44. The minimum atomic E-state index is -0.0496. The van der Waals surface area contributed by atoms with Gasteiger partial charge in [0.1, 0.15) is 0 Å². The van der Waals surface area contributed by atoms with Gasteiger partial charge in [0.05, 0.1) is 10.7 Å². The highest BCUT2D eigenvalue weighted by atomic mass is 32.1. The van der Waals surface area contributed by atoms with Gasteiger partial charge in [0.15, 0.2) is 0 Å². The zero-order valence-electron chi connectivity index (χ0n) is 13.5. The van der Waals surface area contributed by atoms with Crippen molar-refractivity contribution in [3.05, 3.63) is 60.2 Å². The molecule has 0 spiro atoms. The van der Waals surface area contributed by atoms with Crippen molar-refractivity contribution >= 4 is 28.6 Å². The van der Waals surface area contributed by atoms with Gasteiger partial charge < -0.3 is 4.90 Å². The molecule has 0 aliphatic carbocycles. The van der Waals surface area contributed by atoms with E-state index >= 15 is 0 Å². The van der Waals surface area contributed by atoms with Gasteiger partial charge in [-0.1, -0.05) is 62.5 Å². The number of benzene rings is 2. The Labute approximate surface area is 139 Å². The number of nitrogens with zero attached hydrogens (tertiary/aromatic N) is 1. The Hall–Kier alpha value is -1.67. The van der Waals surface area contributed by atoms with Crippen LogP contribution in [-0.4, -0.2) is 4.99 Å². The molecular weight excluding hydrogens is 286 g/mol. The van der Waals surface area contributed by atoms with Crippen molar-refractivity contribution in [2.45, 2.75) is 39.0 Å². The van der Waals surface area contributed by atoms with E-state index in [1.54, 1.807) is 0 Å². The third kappa shape index (κ3) is 2.46. The molecule has 0 N–H and O–H groups in total. The summed E-state index contributed by atoms with van der Waals surface area (Å²) in [6.07, 6.45) is 2.29. The van der Waals surface area contributed by atoms with Crippen LogP contribution in [0.25, 0.3) is 0 Å². The number of rotatable bonds is 4. The van der Waals surface area contributed by atoms with Gasteiger partial charge in [0, 0.05) is 11.1 Å². The fraction of sp³-hybridized carbons (Fsp3) is 0.350. The molecule has 1 aliphatic rings. The zero-order valence-corrected chi connectivity index (χ0v) is 14.4. The maximum atomic E-state index is 5.94.